The van der Waals surface area contributed by atoms with Crippen molar-refractivity contribution < 1.29 is 0 Å². The molecule has 0 fully saturated rings. The molecule has 2 N–H and O–H groups in total. The zero-order chi connectivity index (χ0) is 27.0. The summed E-state index contributed by atoms with van der Waals surface area (Å²) in [4.78, 5) is 17.3. The van der Waals surface area contributed by atoms with E-state index in [1.807, 2.05) is 0 Å². The lowest BCUT2D eigenvalue weighted by Gasteiger charge is -2.09. The van der Waals surface area contributed by atoms with Crippen molar-refractivity contribution in [3.05, 3.63) is 78.7 Å². The van der Waals surface area contributed by atoms with Crippen molar-refractivity contribution >= 4 is 23.6 Å². The van der Waals surface area contributed by atoms with E-state index < -0.39 is 0 Å². The fourth-order valence-corrected chi connectivity index (χ4v) is 6.26. The number of H-pyrrole nitrogens is 2. The van der Waals surface area contributed by atoms with Gasteiger partial charge in [0, 0.05) is 40.6 Å². The Morgan fingerprint density at radius 3 is 1.22 bits per heavy atom. The molecule has 0 spiro atoms. The second-order valence-corrected chi connectivity index (χ2v) is 10.5. The minimum atomic E-state index is 0.867. The molecule has 2 aliphatic heterocycles. The summed E-state index contributed by atoms with van der Waals surface area (Å²) >= 11 is 0. The van der Waals surface area contributed by atoms with Gasteiger partial charge in [-0.2, -0.15) is 0 Å². The molecular weight excluding hydrogens is 452 g/mol. The molecule has 0 atom stereocenters. The average molecular weight is 497 g/mol. The standard InChI is InChI=1S/C33H44N4/c1-11-24-20(7)36-32(26(24)13-3)16-30-18(5)28(22(9)34-30)15-29-19(6)31(35-23(29)10)17-33-27(14-4)25(12-2)21(8)37-33/h16-17,36-37H,11-15H2,1-10H3/b30-16-,31-17-. The first kappa shape index (κ1) is 26.9. The number of aromatic amines is 2. The Morgan fingerprint density at radius 1 is 0.541 bits per heavy atom. The van der Waals surface area contributed by atoms with Gasteiger partial charge in [-0.3, -0.25) is 9.98 Å². The van der Waals surface area contributed by atoms with Gasteiger partial charge in [-0.1, -0.05) is 27.7 Å². The molecule has 2 aromatic heterocycles. The van der Waals surface area contributed by atoms with Crippen molar-refractivity contribution in [1.29, 1.82) is 0 Å². The van der Waals surface area contributed by atoms with Crippen molar-refractivity contribution in [2.75, 3.05) is 0 Å². The monoisotopic (exact) mass is 496 g/mol. The largest absolute Gasteiger partial charge is 0.359 e. The molecule has 37 heavy (non-hydrogen) atoms. The minimum absolute atomic E-state index is 0.867. The van der Waals surface area contributed by atoms with E-state index in [-0.39, 0.29) is 0 Å². The molecule has 0 aliphatic carbocycles. The Hall–Kier alpha value is -3.14. The number of hydrogen-bond acceptors (Lipinski definition) is 2. The molecule has 0 unspecified atom stereocenters. The fraction of sp³-hybridized carbons (Fsp3) is 0.455. The second kappa shape index (κ2) is 10.7. The highest BCUT2D eigenvalue weighted by Crippen LogP contribution is 2.37. The van der Waals surface area contributed by atoms with E-state index in [4.69, 9.17) is 9.98 Å². The molecule has 0 aromatic carbocycles. The molecule has 0 saturated carbocycles. The van der Waals surface area contributed by atoms with Gasteiger partial charge in [-0.25, -0.2) is 0 Å². The summed E-state index contributed by atoms with van der Waals surface area (Å²) in [5.74, 6) is 0. The van der Waals surface area contributed by atoms with Crippen LogP contribution in [0.1, 0.15) is 107 Å². The Morgan fingerprint density at radius 2 is 0.892 bits per heavy atom. The van der Waals surface area contributed by atoms with Crippen LogP contribution in [-0.2, 0) is 25.7 Å². The number of allylic oxidation sites excluding steroid dienone is 4. The third-order valence-electron chi connectivity index (χ3n) is 8.38. The Kier molecular flexibility index (Phi) is 7.77. The molecule has 0 bridgehead atoms. The first-order valence-corrected chi connectivity index (χ1v) is 14.0. The van der Waals surface area contributed by atoms with Crippen LogP contribution in [0.3, 0.4) is 0 Å². The van der Waals surface area contributed by atoms with Gasteiger partial charge in [0.25, 0.3) is 0 Å². The van der Waals surface area contributed by atoms with E-state index in [1.54, 1.807) is 0 Å². The van der Waals surface area contributed by atoms with Crippen molar-refractivity contribution in [3.63, 3.8) is 0 Å². The summed E-state index contributed by atoms with van der Waals surface area (Å²) in [6, 6.07) is 0. The lowest BCUT2D eigenvalue weighted by Crippen LogP contribution is -2.02. The highest BCUT2D eigenvalue weighted by atomic mass is 14.8. The summed E-state index contributed by atoms with van der Waals surface area (Å²) in [6.45, 7) is 22.1. The maximum Gasteiger partial charge on any atom is 0.0686 e. The molecule has 196 valence electrons. The van der Waals surface area contributed by atoms with Crippen LogP contribution in [0.4, 0.5) is 0 Å². The number of rotatable bonds is 8. The minimum Gasteiger partial charge on any atom is -0.359 e. The van der Waals surface area contributed by atoms with E-state index in [0.29, 0.717) is 0 Å². The predicted octanol–water partition coefficient (Wildman–Crippen LogP) is 8.56. The van der Waals surface area contributed by atoms with Crippen LogP contribution in [0.5, 0.6) is 0 Å². The quantitative estimate of drug-likeness (QED) is 0.368. The predicted molar refractivity (Wildman–Crippen MR) is 161 cm³/mol. The zero-order valence-corrected chi connectivity index (χ0v) is 24.6. The van der Waals surface area contributed by atoms with Gasteiger partial charge in [-0.05, 0) is 124 Å². The van der Waals surface area contributed by atoms with Gasteiger partial charge in [-0.15, -0.1) is 0 Å². The van der Waals surface area contributed by atoms with Crippen LogP contribution in [0.2, 0.25) is 0 Å². The van der Waals surface area contributed by atoms with Gasteiger partial charge < -0.3 is 9.97 Å². The normalized spacial score (nSPS) is 18.2. The summed E-state index contributed by atoms with van der Waals surface area (Å²) in [5.41, 5.74) is 20.3. The summed E-state index contributed by atoms with van der Waals surface area (Å²) in [7, 11) is 0. The van der Waals surface area contributed by atoms with Gasteiger partial charge in [0.2, 0.25) is 0 Å². The van der Waals surface area contributed by atoms with Crippen LogP contribution >= 0.6 is 0 Å². The van der Waals surface area contributed by atoms with Crippen LogP contribution in [0, 0.1) is 13.8 Å². The molecule has 4 heterocycles. The van der Waals surface area contributed by atoms with Crippen molar-refractivity contribution in [1.82, 2.24) is 9.97 Å². The van der Waals surface area contributed by atoms with Crippen LogP contribution in [0.25, 0.3) is 12.2 Å². The average Bonchev–Trinajstić information content (AvgIpc) is 3.52. The fourth-order valence-electron chi connectivity index (χ4n) is 6.26. The van der Waals surface area contributed by atoms with E-state index in [0.717, 1.165) is 54.9 Å². The molecule has 0 saturated heterocycles. The molecule has 0 radical (unpaired) electrons. The zero-order valence-electron chi connectivity index (χ0n) is 24.6. The Balaban J connectivity index is 1.68. The first-order valence-electron chi connectivity index (χ1n) is 14.0. The summed E-state index contributed by atoms with van der Waals surface area (Å²) in [6.07, 6.45) is 9.55. The van der Waals surface area contributed by atoms with Crippen LogP contribution in [0.15, 0.2) is 43.7 Å². The third kappa shape index (κ3) is 4.79. The van der Waals surface area contributed by atoms with Gasteiger partial charge in [0.15, 0.2) is 0 Å². The number of aliphatic imine (C=N–C) groups is 2. The first-order chi connectivity index (χ1) is 17.6. The molecule has 2 aliphatic rings. The number of aryl methyl sites for hydroxylation is 2. The van der Waals surface area contributed by atoms with Crippen molar-refractivity contribution in [3.8, 4) is 0 Å². The lowest BCUT2D eigenvalue weighted by molar-refractivity contribution is 1.04. The second-order valence-electron chi connectivity index (χ2n) is 10.5. The third-order valence-corrected chi connectivity index (χ3v) is 8.38. The molecule has 4 rings (SSSR count). The number of nitrogens with one attached hydrogen (secondary N) is 2. The maximum absolute atomic E-state index is 5.01. The number of nitrogens with zero attached hydrogens (tertiary/aromatic N) is 2. The Labute approximate surface area is 223 Å². The SMILES string of the molecule is CCc1c(C)[nH]c(/C=C2\N=C(C)C(CC3=C(C)/C(=C/c4[nH]c(C)c(CC)c4CC)N=C3C)=C2C)c1CC. The molecule has 2 aromatic rings. The topological polar surface area (TPSA) is 56.3 Å². The number of aromatic nitrogens is 2. The van der Waals surface area contributed by atoms with E-state index in [9.17, 15) is 0 Å². The van der Waals surface area contributed by atoms with Gasteiger partial charge in [0.1, 0.15) is 0 Å². The van der Waals surface area contributed by atoms with Gasteiger partial charge >= 0.3 is 0 Å². The highest BCUT2D eigenvalue weighted by Gasteiger charge is 2.25. The van der Waals surface area contributed by atoms with Crippen molar-refractivity contribution in [2.45, 2.75) is 101 Å². The molecular formula is C33H44N4. The van der Waals surface area contributed by atoms with Gasteiger partial charge in [0.05, 0.1) is 11.4 Å². The molecule has 0 amide bonds. The Bertz CT molecular complexity index is 1310. The van der Waals surface area contributed by atoms with E-state index in [1.165, 1.54) is 67.3 Å². The van der Waals surface area contributed by atoms with E-state index >= 15 is 0 Å². The smallest absolute Gasteiger partial charge is 0.0686 e. The molecule has 4 nitrogen and oxygen atoms in total. The summed E-state index contributed by atoms with van der Waals surface area (Å²) < 4.78 is 0. The molecule has 4 heteroatoms. The summed E-state index contributed by atoms with van der Waals surface area (Å²) in [5, 5.41) is 0. The van der Waals surface area contributed by atoms with Crippen molar-refractivity contribution in [2.24, 2.45) is 9.98 Å². The van der Waals surface area contributed by atoms with E-state index in [2.05, 4.69) is 91.4 Å². The number of hydrogen-bond donors (Lipinski definition) is 2. The van der Waals surface area contributed by atoms with Crippen LogP contribution < -0.4 is 0 Å². The highest BCUT2D eigenvalue weighted by molar-refractivity contribution is 6.09. The maximum atomic E-state index is 5.01. The van der Waals surface area contributed by atoms with Crippen LogP contribution in [-0.4, -0.2) is 21.4 Å². The lowest BCUT2D eigenvalue weighted by atomic mass is 9.93.